The van der Waals surface area contributed by atoms with Crippen LogP contribution in [0.3, 0.4) is 0 Å². The largest absolute Gasteiger partial charge is 0.461 e. The number of nitrogens with zero attached hydrogens (tertiary/aromatic N) is 2. The predicted octanol–water partition coefficient (Wildman–Crippen LogP) is 4.07. The summed E-state index contributed by atoms with van der Waals surface area (Å²) in [6, 6.07) is 8.30. The van der Waals surface area contributed by atoms with Crippen molar-refractivity contribution in [3.05, 3.63) is 41.9 Å². The van der Waals surface area contributed by atoms with Crippen molar-refractivity contribution in [1.29, 1.82) is 0 Å². The van der Waals surface area contributed by atoms with Gasteiger partial charge in [-0.2, -0.15) is 0 Å². The molecule has 0 radical (unpaired) electrons. The van der Waals surface area contributed by atoms with Gasteiger partial charge in [-0.05, 0) is 56.0 Å². The standard InChI is InChI=1S/C18H22FN3O/c1-12-5-7-22(8-6-12)18(20)21-16-10-14(9-15(19)11-16)17-4-3-13(2)23-17/h3-4,9-12H,5-8H2,1-2H3,(H2,20,21). The van der Waals surface area contributed by atoms with Gasteiger partial charge >= 0.3 is 0 Å². The lowest BCUT2D eigenvalue weighted by atomic mass is 10.00. The predicted molar refractivity (Wildman–Crippen MR) is 90.1 cm³/mol. The molecule has 4 nitrogen and oxygen atoms in total. The summed E-state index contributed by atoms with van der Waals surface area (Å²) in [5, 5.41) is 0. The highest BCUT2D eigenvalue weighted by Crippen LogP contribution is 2.27. The van der Waals surface area contributed by atoms with Crippen LogP contribution in [0.5, 0.6) is 0 Å². The quantitative estimate of drug-likeness (QED) is 0.671. The first-order chi connectivity index (χ1) is 11.0. The molecule has 1 saturated heterocycles. The zero-order valence-electron chi connectivity index (χ0n) is 13.6. The third-order valence-corrected chi connectivity index (χ3v) is 4.26. The van der Waals surface area contributed by atoms with Crippen molar-refractivity contribution in [3.63, 3.8) is 0 Å². The molecule has 0 saturated carbocycles. The van der Waals surface area contributed by atoms with Crippen molar-refractivity contribution in [1.82, 2.24) is 4.90 Å². The first-order valence-electron chi connectivity index (χ1n) is 7.98. The van der Waals surface area contributed by atoms with Crippen LogP contribution >= 0.6 is 0 Å². The Morgan fingerprint density at radius 2 is 2.00 bits per heavy atom. The molecule has 122 valence electrons. The molecule has 5 heteroatoms. The van der Waals surface area contributed by atoms with E-state index in [1.54, 1.807) is 6.07 Å². The summed E-state index contributed by atoms with van der Waals surface area (Å²) >= 11 is 0. The van der Waals surface area contributed by atoms with Gasteiger partial charge in [0, 0.05) is 18.7 Å². The molecule has 1 fully saturated rings. The second-order valence-electron chi connectivity index (χ2n) is 6.25. The molecule has 2 heterocycles. The summed E-state index contributed by atoms with van der Waals surface area (Å²) in [7, 11) is 0. The van der Waals surface area contributed by atoms with Gasteiger partial charge in [-0.25, -0.2) is 9.38 Å². The molecule has 2 N–H and O–H groups in total. The Morgan fingerprint density at radius 3 is 2.65 bits per heavy atom. The molecular weight excluding hydrogens is 293 g/mol. The minimum Gasteiger partial charge on any atom is -0.461 e. The molecule has 0 atom stereocenters. The maximum atomic E-state index is 13.9. The van der Waals surface area contributed by atoms with E-state index in [4.69, 9.17) is 10.2 Å². The number of guanidine groups is 1. The number of likely N-dealkylation sites (tertiary alicyclic amines) is 1. The van der Waals surface area contributed by atoms with Gasteiger partial charge in [0.05, 0.1) is 5.69 Å². The molecule has 1 aromatic heterocycles. The highest BCUT2D eigenvalue weighted by Gasteiger charge is 2.17. The fourth-order valence-electron chi connectivity index (χ4n) is 2.81. The fourth-order valence-corrected chi connectivity index (χ4v) is 2.81. The first-order valence-corrected chi connectivity index (χ1v) is 7.98. The van der Waals surface area contributed by atoms with Crippen LogP contribution in [-0.4, -0.2) is 23.9 Å². The van der Waals surface area contributed by atoms with Gasteiger partial charge in [0.1, 0.15) is 17.3 Å². The number of halogens is 1. The summed E-state index contributed by atoms with van der Waals surface area (Å²) < 4.78 is 19.5. The highest BCUT2D eigenvalue weighted by atomic mass is 19.1. The Kier molecular flexibility index (Phi) is 4.37. The van der Waals surface area contributed by atoms with Gasteiger partial charge in [0.15, 0.2) is 5.96 Å². The molecule has 1 aromatic carbocycles. The average molecular weight is 315 g/mol. The van der Waals surface area contributed by atoms with Crippen LogP contribution in [0.25, 0.3) is 11.3 Å². The molecule has 23 heavy (non-hydrogen) atoms. The number of rotatable bonds is 2. The molecule has 3 rings (SSSR count). The van der Waals surface area contributed by atoms with Gasteiger partial charge in [0.25, 0.3) is 0 Å². The first kappa shape index (κ1) is 15.6. The van der Waals surface area contributed by atoms with Crippen molar-refractivity contribution in [2.45, 2.75) is 26.7 Å². The summed E-state index contributed by atoms with van der Waals surface area (Å²) in [6.07, 6.45) is 2.21. The second-order valence-corrected chi connectivity index (χ2v) is 6.25. The molecule has 0 bridgehead atoms. The number of nitrogens with two attached hydrogens (primary N) is 1. The van der Waals surface area contributed by atoms with E-state index in [2.05, 4.69) is 16.8 Å². The van der Waals surface area contributed by atoms with Crippen molar-refractivity contribution in [2.75, 3.05) is 13.1 Å². The van der Waals surface area contributed by atoms with E-state index in [-0.39, 0.29) is 5.82 Å². The van der Waals surface area contributed by atoms with Crippen molar-refractivity contribution < 1.29 is 8.81 Å². The number of aryl methyl sites for hydroxylation is 1. The summed E-state index contributed by atoms with van der Waals surface area (Å²) in [4.78, 5) is 6.46. The minimum absolute atomic E-state index is 0.352. The van der Waals surface area contributed by atoms with Crippen molar-refractivity contribution in [3.8, 4) is 11.3 Å². The van der Waals surface area contributed by atoms with Crippen molar-refractivity contribution >= 4 is 11.6 Å². The maximum Gasteiger partial charge on any atom is 0.196 e. The lowest BCUT2D eigenvalue weighted by Crippen LogP contribution is -2.42. The van der Waals surface area contributed by atoms with Crippen molar-refractivity contribution in [2.24, 2.45) is 16.6 Å². The van der Waals surface area contributed by atoms with Crippen LogP contribution in [-0.2, 0) is 0 Å². The highest BCUT2D eigenvalue weighted by molar-refractivity contribution is 5.81. The van der Waals surface area contributed by atoms with E-state index in [0.717, 1.165) is 37.6 Å². The number of hydrogen-bond donors (Lipinski definition) is 1. The SMILES string of the molecule is Cc1ccc(-c2cc(F)cc(N=C(N)N3CCC(C)CC3)c2)o1. The van der Waals surface area contributed by atoms with Crippen LogP contribution in [0.1, 0.15) is 25.5 Å². The zero-order valence-corrected chi connectivity index (χ0v) is 13.6. The molecule has 0 aliphatic carbocycles. The van der Waals surface area contributed by atoms with E-state index in [1.807, 2.05) is 19.1 Å². The number of hydrogen-bond acceptors (Lipinski definition) is 2. The van der Waals surface area contributed by atoms with Crippen LogP contribution in [0, 0.1) is 18.7 Å². The summed E-state index contributed by atoms with van der Waals surface area (Å²) in [5.74, 6) is 2.24. The van der Waals surface area contributed by atoms with Crippen LogP contribution in [0.15, 0.2) is 39.7 Å². The zero-order chi connectivity index (χ0) is 16.4. The Balaban J connectivity index is 1.85. The molecule has 1 aliphatic heterocycles. The molecular formula is C18H22FN3O. The number of benzene rings is 1. The Morgan fingerprint density at radius 1 is 1.26 bits per heavy atom. The van der Waals surface area contributed by atoms with E-state index in [1.165, 1.54) is 12.1 Å². The van der Waals surface area contributed by atoms with E-state index >= 15 is 0 Å². The second kappa shape index (κ2) is 6.44. The number of furan rings is 1. The molecule has 0 spiro atoms. The number of aliphatic imine (C=N–C) groups is 1. The summed E-state index contributed by atoms with van der Waals surface area (Å²) in [5.41, 5.74) is 7.27. The van der Waals surface area contributed by atoms with Crippen LogP contribution in [0.4, 0.5) is 10.1 Å². The maximum absolute atomic E-state index is 13.9. The van der Waals surface area contributed by atoms with Gasteiger partial charge in [-0.1, -0.05) is 6.92 Å². The normalized spacial score (nSPS) is 16.8. The van der Waals surface area contributed by atoms with Gasteiger partial charge in [-0.3, -0.25) is 0 Å². The molecule has 0 amide bonds. The molecule has 2 aromatic rings. The van der Waals surface area contributed by atoms with Gasteiger partial charge in [0.2, 0.25) is 0 Å². The van der Waals surface area contributed by atoms with E-state index < -0.39 is 0 Å². The molecule has 1 aliphatic rings. The van der Waals surface area contributed by atoms with Crippen LogP contribution < -0.4 is 5.73 Å². The van der Waals surface area contributed by atoms with Crippen LogP contribution in [0.2, 0.25) is 0 Å². The Labute approximate surface area is 135 Å². The van der Waals surface area contributed by atoms with E-state index in [9.17, 15) is 4.39 Å². The third-order valence-electron chi connectivity index (χ3n) is 4.26. The monoisotopic (exact) mass is 315 g/mol. The summed E-state index contributed by atoms with van der Waals surface area (Å²) in [6.45, 7) is 5.90. The Hall–Kier alpha value is -2.30. The van der Waals surface area contributed by atoms with Gasteiger partial charge in [-0.15, -0.1) is 0 Å². The minimum atomic E-state index is -0.352. The smallest absolute Gasteiger partial charge is 0.196 e. The number of piperidine rings is 1. The average Bonchev–Trinajstić information content (AvgIpc) is 2.94. The lowest BCUT2D eigenvalue weighted by molar-refractivity contribution is 0.278. The molecule has 0 unspecified atom stereocenters. The Bertz CT molecular complexity index is 715. The topological polar surface area (TPSA) is 54.8 Å². The lowest BCUT2D eigenvalue weighted by Gasteiger charge is -2.30. The van der Waals surface area contributed by atoms with Gasteiger partial charge < -0.3 is 15.1 Å². The third kappa shape index (κ3) is 3.73. The fraction of sp³-hybridized carbons (Fsp3) is 0.389. The van der Waals surface area contributed by atoms with E-state index in [0.29, 0.717) is 23.0 Å².